The fourth-order valence-electron chi connectivity index (χ4n) is 2.06. The molecule has 18 heavy (non-hydrogen) atoms. The van der Waals surface area contributed by atoms with E-state index in [1.807, 2.05) is 6.92 Å². The maximum absolute atomic E-state index is 4.49. The Morgan fingerprint density at radius 3 is 2.50 bits per heavy atom. The summed E-state index contributed by atoms with van der Waals surface area (Å²) in [7, 11) is 0. The normalized spacial score (nSPS) is 10.6. The van der Waals surface area contributed by atoms with E-state index in [-0.39, 0.29) is 0 Å². The number of hydrogen-bond acceptors (Lipinski definition) is 2. The molecular weight excluding hydrogens is 222 g/mol. The van der Waals surface area contributed by atoms with Crippen LogP contribution in [-0.4, -0.2) is 9.55 Å². The van der Waals surface area contributed by atoms with Gasteiger partial charge in [-0.05, 0) is 38.0 Å². The highest BCUT2D eigenvalue weighted by molar-refractivity contribution is 5.54. The van der Waals surface area contributed by atoms with E-state index in [4.69, 9.17) is 0 Å². The number of rotatable bonds is 5. The molecule has 0 aliphatic heterocycles. The summed E-state index contributed by atoms with van der Waals surface area (Å²) in [6.07, 6.45) is 4.39. The molecule has 2 aromatic rings. The Bertz CT molecular complexity index is 497. The summed E-state index contributed by atoms with van der Waals surface area (Å²) in [4.78, 5) is 4.49. The number of aromatic nitrogens is 2. The van der Waals surface area contributed by atoms with E-state index in [1.54, 1.807) is 0 Å². The standard InChI is InChI=1S/C15H21N3/c1-4-6-13-7-9-14(10-8-13)17-15-16-12(3)11-18(15)5-2/h7-11H,4-6H2,1-3H3,(H,16,17). The van der Waals surface area contributed by atoms with E-state index >= 15 is 0 Å². The zero-order chi connectivity index (χ0) is 13.0. The fraction of sp³-hybridized carbons (Fsp3) is 0.400. The van der Waals surface area contributed by atoms with E-state index in [9.17, 15) is 0 Å². The van der Waals surface area contributed by atoms with E-state index in [2.05, 4.69) is 59.2 Å². The van der Waals surface area contributed by atoms with Crippen LogP contribution in [0.1, 0.15) is 31.5 Å². The minimum atomic E-state index is 0.915. The van der Waals surface area contributed by atoms with Gasteiger partial charge in [-0.3, -0.25) is 0 Å². The molecule has 0 aliphatic carbocycles. The molecule has 3 heteroatoms. The first kappa shape index (κ1) is 12.7. The molecule has 0 unspecified atom stereocenters. The molecule has 0 radical (unpaired) electrons. The van der Waals surface area contributed by atoms with Crippen LogP contribution in [0.2, 0.25) is 0 Å². The van der Waals surface area contributed by atoms with Crippen LogP contribution < -0.4 is 5.32 Å². The summed E-state index contributed by atoms with van der Waals surface area (Å²) in [5.41, 5.74) is 3.52. The number of nitrogens with zero attached hydrogens (tertiary/aromatic N) is 2. The van der Waals surface area contributed by atoms with Gasteiger partial charge in [0.1, 0.15) is 0 Å². The van der Waals surface area contributed by atoms with Crippen LogP contribution in [0, 0.1) is 6.92 Å². The van der Waals surface area contributed by atoms with E-state index in [0.717, 1.165) is 30.3 Å². The fourth-order valence-corrected chi connectivity index (χ4v) is 2.06. The Hall–Kier alpha value is -1.77. The van der Waals surface area contributed by atoms with Crippen molar-refractivity contribution in [3.8, 4) is 0 Å². The second-order valence-electron chi connectivity index (χ2n) is 4.56. The van der Waals surface area contributed by atoms with Gasteiger partial charge in [0.05, 0.1) is 5.69 Å². The van der Waals surface area contributed by atoms with Gasteiger partial charge in [-0.15, -0.1) is 0 Å². The maximum atomic E-state index is 4.49. The van der Waals surface area contributed by atoms with Crippen molar-refractivity contribution in [2.24, 2.45) is 0 Å². The van der Waals surface area contributed by atoms with E-state index in [1.165, 1.54) is 12.0 Å². The molecule has 3 nitrogen and oxygen atoms in total. The highest BCUT2D eigenvalue weighted by Crippen LogP contribution is 2.17. The van der Waals surface area contributed by atoms with Gasteiger partial charge in [-0.1, -0.05) is 25.5 Å². The summed E-state index contributed by atoms with van der Waals surface area (Å²) in [6, 6.07) is 8.60. The monoisotopic (exact) mass is 243 g/mol. The second-order valence-corrected chi connectivity index (χ2v) is 4.56. The zero-order valence-electron chi connectivity index (χ0n) is 11.4. The average molecular weight is 243 g/mol. The lowest BCUT2D eigenvalue weighted by Gasteiger charge is -2.08. The molecule has 1 aromatic heterocycles. The summed E-state index contributed by atoms with van der Waals surface area (Å²) < 4.78 is 2.12. The first-order valence-corrected chi connectivity index (χ1v) is 6.62. The molecule has 0 saturated carbocycles. The zero-order valence-corrected chi connectivity index (χ0v) is 11.4. The van der Waals surface area contributed by atoms with E-state index in [0.29, 0.717) is 0 Å². The molecule has 0 spiro atoms. The van der Waals surface area contributed by atoms with Crippen molar-refractivity contribution in [3.05, 3.63) is 41.7 Å². The molecule has 1 aromatic carbocycles. The smallest absolute Gasteiger partial charge is 0.207 e. The Morgan fingerprint density at radius 1 is 1.17 bits per heavy atom. The van der Waals surface area contributed by atoms with Crippen LogP contribution in [0.5, 0.6) is 0 Å². The van der Waals surface area contributed by atoms with Crippen molar-refractivity contribution < 1.29 is 0 Å². The number of aryl methyl sites for hydroxylation is 3. The SMILES string of the molecule is CCCc1ccc(Nc2nc(C)cn2CC)cc1. The van der Waals surface area contributed by atoms with Gasteiger partial charge in [-0.2, -0.15) is 0 Å². The molecule has 0 bridgehead atoms. The average Bonchev–Trinajstić information content (AvgIpc) is 2.72. The summed E-state index contributed by atoms with van der Waals surface area (Å²) >= 11 is 0. The number of anilines is 2. The Balaban J connectivity index is 2.12. The summed E-state index contributed by atoms with van der Waals surface area (Å²) in [5.74, 6) is 0.915. The minimum absolute atomic E-state index is 0.915. The van der Waals surface area contributed by atoms with Crippen LogP contribution in [-0.2, 0) is 13.0 Å². The maximum Gasteiger partial charge on any atom is 0.207 e. The van der Waals surface area contributed by atoms with Gasteiger partial charge < -0.3 is 9.88 Å². The lowest BCUT2D eigenvalue weighted by atomic mass is 10.1. The lowest BCUT2D eigenvalue weighted by molar-refractivity contribution is 0.771. The Morgan fingerprint density at radius 2 is 1.89 bits per heavy atom. The minimum Gasteiger partial charge on any atom is -0.326 e. The van der Waals surface area contributed by atoms with Gasteiger partial charge in [0.2, 0.25) is 5.95 Å². The van der Waals surface area contributed by atoms with Crippen LogP contribution in [0.15, 0.2) is 30.5 Å². The molecule has 2 rings (SSSR count). The van der Waals surface area contributed by atoms with Crippen molar-refractivity contribution in [3.63, 3.8) is 0 Å². The molecule has 1 N–H and O–H groups in total. The first-order valence-electron chi connectivity index (χ1n) is 6.62. The van der Waals surface area contributed by atoms with Crippen LogP contribution in [0.4, 0.5) is 11.6 Å². The van der Waals surface area contributed by atoms with Crippen LogP contribution >= 0.6 is 0 Å². The highest BCUT2D eigenvalue weighted by Gasteiger charge is 2.04. The molecule has 0 aliphatic rings. The molecule has 0 saturated heterocycles. The Kier molecular flexibility index (Phi) is 4.03. The third-order valence-corrected chi connectivity index (χ3v) is 2.99. The second kappa shape index (κ2) is 5.71. The van der Waals surface area contributed by atoms with Gasteiger partial charge in [-0.25, -0.2) is 4.98 Å². The number of hydrogen-bond donors (Lipinski definition) is 1. The quantitative estimate of drug-likeness (QED) is 0.863. The topological polar surface area (TPSA) is 29.9 Å². The van der Waals surface area contributed by atoms with E-state index < -0.39 is 0 Å². The molecule has 0 fully saturated rings. The van der Waals surface area contributed by atoms with Gasteiger partial charge in [0, 0.05) is 18.4 Å². The molecule has 96 valence electrons. The van der Waals surface area contributed by atoms with Crippen molar-refractivity contribution in [1.29, 1.82) is 0 Å². The van der Waals surface area contributed by atoms with Gasteiger partial charge >= 0.3 is 0 Å². The highest BCUT2D eigenvalue weighted by atomic mass is 15.2. The molecule has 0 amide bonds. The molecular formula is C15H21N3. The predicted molar refractivity (Wildman–Crippen MR) is 76.4 cm³/mol. The number of benzene rings is 1. The lowest BCUT2D eigenvalue weighted by Crippen LogP contribution is -2.01. The van der Waals surface area contributed by atoms with Crippen molar-refractivity contribution in [1.82, 2.24) is 9.55 Å². The largest absolute Gasteiger partial charge is 0.326 e. The summed E-state index contributed by atoms with van der Waals surface area (Å²) in [6.45, 7) is 7.27. The molecule has 0 atom stereocenters. The van der Waals surface area contributed by atoms with Crippen molar-refractivity contribution in [2.45, 2.75) is 40.2 Å². The third-order valence-electron chi connectivity index (χ3n) is 2.99. The van der Waals surface area contributed by atoms with Crippen molar-refractivity contribution in [2.75, 3.05) is 5.32 Å². The van der Waals surface area contributed by atoms with Crippen LogP contribution in [0.25, 0.3) is 0 Å². The first-order chi connectivity index (χ1) is 8.72. The Labute approximate surface area is 109 Å². The predicted octanol–water partition coefficient (Wildman–Crippen LogP) is 3.91. The van der Waals surface area contributed by atoms with Crippen LogP contribution in [0.3, 0.4) is 0 Å². The number of nitrogens with one attached hydrogen (secondary N) is 1. The molecule has 1 heterocycles. The third kappa shape index (κ3) is 2.92. The van der Waals surface area contributed by atoms with Gasteiger partial charge in [0.25, 0.3) is 0 Å². The van der Waals surface area contributed by atoms with Gasteiger partial charge in [0.15, 0.2) is 0 Å². The number of imidazole rings is 1. The van der Waals surface area contributed by atoms with Crippen molar-refractivity contribution >= 4 is 11.6 Å². The summed E-state index contributed by atoms with van der Waals surface area (Å²) in [5, 5.41) is 3.37.